The Bertz CT molecular complexity index is 248. The molecule has 100 valence electrons. The van der Waals surface area contributed by atoms with Crippen LogP contribution in [0.3, 0.4) is 0 Å². The van der Waals surface area contributed by atoms with Gasteiger partial charge in [0.15, 0.2) is 0 Å². The standard InChI is InChI=1S/C12H25N3O2/c1-10(12(16)17-4)7-13-8-11-9-14(2)5-6-15(11)3/h10-11,13H,5-9H2,1-4H3. The van der Waals surface area contributed by atoms with Gasteiger partial charge >= 0.3 is 5.97 Å². The number of carbonyl (C=O) groups excluding carboxylic acids is 1. The van der Waals surface area contributed by atoms with Crippen LogP contribution in [0.25, 0.3) is 0 Å². The van der Waals surface area contributed by atoms with Gasteiger partial charge in [0.05, 0.1) is 13.0 Å². The van der Waals surface area contributed by atoms with Crippen LogP contribution in [-0.2, 0) is 9.53 Å². The van der Waals surface area contributed by atoms with Gasteiger partial charge in [-0.3, -0.25) is 9.69 Å². The van der Waals surface area contributed by atoms with Gasteiger partial charge < -0.3 is 15.0 Å². The highest BCUT2D eigenvalue weighted by molar-refractivity contribution is 5.71. The number of hydrogen-bond donors (Lipinski definition) is 1. The number of hydrogen-bond acceptors (Lipinski definition) is 5. The average Bonchev–Trinajstić information content (AvgIpc) is 2.32. The van der Waals surface area contributed by atoms with E-state index < -0.39 is 0 Å². The number of rotatable bonds is 5. The van der Waals surface area contributed by atoms with Gasteiger partial charge in [-0.05, 0) is 14.1 Å². The lowest BCUT2D eigenvalue weighted by Crippen LogP contribution is -2.54. The number of methoxy groups -OCH3 is 1. The van der Waals surface area contributed by atoms with E-state index in [1.54, 1.807) is 0 Å². The van der Waals surface area contributed by atoms with Crippen LogP contribution in [0.1, 0.15) is 6.92 Å². The summed E-state index contributed by atoms with van der Waals surface area (Å²) < 4.78 is 4.70. The van der Waals surface area contributed by atoms with E-state index in [0.29, 0.717) is 12.6 Å². The molecular weight excluding hydrogens is 218 g/mol. The number of nitrogens with zero attached hydrogens (tertiary/aromatic N) is 2. The lowest BCUT2D eigenvalue weighted by Gasteiger charge is -2.37. The highest BCUT2D eigenvalue weighted by Gasteiger charge is 2.22. The second-order valence-electron chi connectivity index (χ2n) is 4.98. The first-order chi connectivity index (χ1) is 8.04. The van der Waals surface area contributed by atoms with Crippen molar-refractivity contribution in [2.24, 2.45) is 5.92 Å². The van der Waals surface area contributed by atoms with Gasteiger partial charge in [0.1, 0.15) is 0 Å². The summed E-state index contributed by atoms with van der Waals surface area (Å²) in [5, 5.41) is 3.35. The summed E-state index contributed by atoms with van der Waals surface area (Å²) in [4.78, 5) is 15.9. The minimum Gasteiger partial charge on any atom is -0.469 e. The van der Waals surface area contributed by atoms with Gasteiger partial charge in [-0.25, -0.2) is 0 Å². The fraction of sp³-hybridized carbons (Fsp3) is 0.917. The van der Waals surface area contributed by atoms with Crippen LogP contribution in [0.2, 0.25) is 0 Å². The highest BCUT2D eigenvalue weighted by Crippen LogP contribution is 2.05. The SMILES string of the molecule is COC(=O)C(C)CNCC1CN(C)CCN1C. The van der Waals surface area contributed by atoms with Crippen molar-refractivity contribution in [2.45, 2.75) is 13.0 Å². The smallest absolute Gasteiger partial charge is 0.309 e. The number of nitrogens with one attached hydrogen (secondary N) is 1. The Labute approximate surface area is 104 Å². The third-order valence-electron chi connectivity index (χ3n) is 3.41. The maximum atomic E-state index is 11.2. The molecule has 17 heavy (non-hydrogen) atoms. The Balaban J connectivity index is 2.23. The molecule has 1 aliphatic heterocycles. The Morgan fingerprint density at radius 2 is 2.18 bits per heavy atom. The highest BCUT2D eigenvalue weighted by atomic mass is 16.5. The van der Waals surface area contributed by atoms with Crippen LogP contribution in [0.5, 0.6) is 0 Å². The first kappa shape index (κ1) is 14.4. The number of esters is 1. The first-order valence-electron chi connectivity index (χ1n) is 6.22. The molecule has 2 atom stereocenters. The number of carbonyl (C=O) groups is 1. The van der Waals surface area contributed by atoms with Gasteiger partial charge in [0.2, 0.25) is 0 Å². The van der Waals surface area contributed by atoms with Crippen LogP contribution in [0.4, 0.5) is 0 Å². The van der Waals surface area contributed by atoms with Crippen molar-refractivity contribution in [2.75, 3.05) is 53.9 Å². The molecule has 5 heteroatoms. The summed E-state index contributed by atoms with van der Waals surface area (Å²) in [7, 11) is 5.74. The molecule has 1 fully saturated rings. The van der Waals surface area contributed by atoms with Gasteiger partial charge in [0, 0.05) is 38.8 Å². The van der Waals surface area contributed by atoms with Crippen molar-refractivity contribution in [3.05, 3.63) is 0 Å². The van der Waals surface area contributed by atoms with E-state index in [-0.39, 0.29) is 11.9 Å². The molecule has 0 radical (unpaired) electrons. The largest absolute Gasteiger partial charge is 0.469 e. The van der Waals surface area contributed by atoms with Crippen molar-refractivity contribution in [3.8, 4) is 0 Å². The lowest BCUT2D eigenvalue weighted by atomic mass is 10.1. The summed E-state index contributed by atoms with van der Waals surface area (Å²) in [5.74, 6) is -0.224. The fourth-order valence-electron chi connectivity index (χ4n) is 2.07. The topological polar surface area (TPSA) is 44.8 Å². The third-order valence-corrected chi connectivity index (χ3v) is 3.41. The molecule has 0 aromatic rings. The molecule has 0 spiro atoms. The molecule has 2 unspecified atom stereocenters. The van der Waals surface area contributed by atoms with Crippen LogP contribution in [0.15, 0.2) is 0 Å². The lowest BCUT2D eigenvalue weighted by molar-refractivity contribution is -0.144. The molecule has 1 N–H and O–H groups in total. The quantitative estimate of drug-likeness (QED) is 0.668. The van der Waals surface area contributed by atoms with E-state index in [0.717, 1.165) is 26.2 Å². The molecular formula is C12H25N3O2. The molecule has 1 saturated heterocycles. The van der Waals surface area contributed by atoms with E-state index in [9.17, 15) is 4.79 Å². The fourth-order valence-corrected chi connectivity index (χ4v) is 2.07. The average molecular weight is 243 g/mol. The Morgan fingerprint density at radius 1 is 1.47 bits per heavy atom. The van der Waals surface area contributed by atoms with Crippen LogP contribution < -0.4 is 5.32 Å². The molecule has 1 rings (SSSR count). The van der Waals surface area contributed by atoms with Crippen LogP contribution in [0, 0.1) is 5.92 Å². The molecule has 1 heterocycles. The van der Waals surface area contributed by atoms with Gasteiger partial charge in [-0.1, -0.05) is 6.92 Å². The van der Waals surface area contributed by atoms with E-state index in [4.69, 9.17) is 4.74 Å². The van der Waals surface area contributed by atoms with E-state index in [1.165, 1.54) is 7.11 Å². The summed E-state index contributed by atoms with van der Waals surface area (Å²) in [5.41, 5.74) is 0. The third kappa shape index (κ3) is 4.61. The Morgan fingerprint density at radius 3 is 2.82 bits per heavy atom. The second kappa shape index (κ2) is 6.93. The zero-order chi connectivity index (χ0) is 12.8. The minimum absolute atomic E-state index is 0.0772. The van der Waals surface area contributed by atoms with Crippen LogP contribution >= 0.6 is 0 Å². The monoisotopic (exact) mass is 243 g/mol. The Hall–Kier alpha value is -0.650. The molecule has 0 aliphatic carbocycles. The number of likely N-dealkylation sites (N-methyl/N-ethyl adjacent to an activating group) is 2. The maximum absolute atomic E-state index is 11.2. The molecule has 0 saturated carbocycles. The molecule has 0 aromatic carbocycles. The van der Waals surface area contributed by atoms with Crippen molar-refractivity contribution >= 4 is 5.97 Å². The van der Waals surface area contributed by atoms with E-state index in [1.807, 2.05) is 6.92 Å². The van der Waals surface area contributed by atoms with Crippen molar-refractivity contribution in [3.63, 3.8) is 0 Å². The number of piperazine rings is 1. The van der Waals surface area contributed by atoms with Crippen molar-refractivity contribution < 1.29 is 9.53 Å². The zero-order valence-electron chi connectivity index (χ0n) is 11.4. The summed E-state index contributed by atoms with van der Waals surface area (Å²) in [6, 6.07) is 0.526. The molecule has 0 bridgehead atoms. The maximum Gasteiger partial charge on any atom is 0.309 e. The van der Waals surface area contributed by atoms with E-state index >= 15 is 0 Å². The molecule has 5 nitrogen and oxygen atoms in total. The summed E-state index contributed by atoms with van der Waals surface area (Å²) in [6.45, 7) is 6.80. The summed E-state index contributed by atoms with van der Waals surface area (Å²) >= 11 is 0. The first-order valence-corrected chi connectivity index (χ1v) is 6.22. The van der Waals surface area contributed by atoms with Crippen LogP contribution in [-0.4, -0.2) is 75.7 Å². The van der Waals surface area contributed by atoms with Crippen molar-refractivity contribution in [1.82, 2.24) is 15.1 Å². The van der Waals surface area contributed by atoms with Gasteiger partial charge in [0.25, 0.3) is 0 Å². The predicted octanol–water partition coefficient (Wildman–Crippen LogP) is -0.369. The molecule has 0 aromatic heterocycles. The minimum atomic E-state index is -0.147. The van der Waals surface area contributed by atoms with Crippen molar-refractivity contribution in [1.29, 1.82) is 0 Å². The normalized spacial score (nSPS) is 24.6. The second-order valence-corrected chi connectivity index (χ2v) is 4.98. The summed E-state index contributed by atoms with van der Waals surface area (Å²) in [6.07, 6.45) is 0. The van der Waals surface area contributed by atoms with E-state index in [2.05, 4.69) is 29.2 Å². The predicted molar refractivity (Wildman–Crippen MR) is 68.0 cm³/mol. The van der Waals surface area contributed by atoms with Gasteiger partial charge in [-0.15, -0.1) is 0 Å². The Kier molecular flexibility index (Phi) is 5.88. The van der Waals surface area contributed by atoms with Gasteiger partial charge in [-0.2, -0.15) is 0 Å². The molecule has 1 aliphatic rings. The number of ether oxygens (including phenoxy) is 1. The molecule has 0 amide bonds. The zero-order valence-corrected chi connectivity index (χ0v) is 11.4.